The normalized spacial score (nSPS) is 17.3. The van der Waals surface area contributed by atoms with Gasteiger partial charge in [-0.3, -0.25) is 4.79 Å². The molecule has 1 saturated heterocycles. The Labute approximate surface area is 146 Å². The highest BCUT2D eigenvalue weighted by Crippen LogP contribution is 2.31. The number of fused-ring (bicyclic) bond motifs is 1. The predicted molar refractivity (Wildman–Crippen MR) is 96.3 cm³/mol. The van der Waals surface area contributed by atoms with Crippen molar-refractivity contribution >= 4 is 16.9 Å². The second kappa shape index (κ2) is 6.64. The van der Waals surface area contributed by atoms with E-state index in [1.807, 2.05) is 46.0 Å². The maximum atomic E-state index is 12.7. The summed E-state index contributed by atoms with van der Waals surface area (Å²) in [5, 5.41) is 5.83. The van der Waals surface area contributed by atoms with Gasteiger partial charge in [-0.1, -0.05) is 18.2 Å². The molecule has 2 aromatic heterocycles. The van der Waals surface area contributed by atoms with Crippen molar-refractivity contribution in [1.29, 1.82) is 0 Å². The number of nitrogens with zero attached hydrogens (tertiary/aromatic N) is 4. The molecule has 1 aromatic carbocycles. The number of likely N-dealkylation sites (tertiary alicyclic amines) is 1. The van der Waals surface area contributed by atoms with E-state index in [0.29, 0.717) is 19.6 Å². The molecule has 1 aliphatic heterocycles. The molecule has 0 radical (unpaired) electrons. The zero-order valence-corrected chi connectivity index (χ0v) is 14.0. The zero-order chi connectivity index (χ0) is 17.2. The second-order valence-electron chi connectivity index (χ2n) is 6.37. The van der Waals surface area contributed by atoms with E-state index in [1.165, 1.54) is 0 Å². The van der Waals surface area contributed by atoms with Crippen molar-refractivity contribution in [2.45, 2.75) is 18.9 Å². The van der Waals surface area contributed by atoms with Crippen molar-refractivity contribution in [2.75, 3.05) is 19.6 Å². The van der Waals surface area contributed by atoms with Crippen LogP contribution in [0.15, 0.2) is 48.7 Å². The zero-order valence-electron chi connectivity index (χ0n) is 14.0. The maximum Gasteiger partial charge on any atom is 0.253 e. The van der Waals surface area contributed by atoms with Crippen LogP contribution in [0.25, 0.3) is 11.0 Å². The Morgan fingerprint density at radius 3 is 2.84 bits per heavy atom. The van der Waals surface area contributed by atoms with Crippen molar-refractivity contribution in [3.8, 4) is 0 Å². The molecule has 6 heteroatoms. The number of carbonyl (C=O) groups excluding carboxylic acids is 1. The maximum absolute atomic E-state index is 12.7. The summed E-state index contributed by atoms with van der Waals surface area (Å²) in [4.78, 5) is 19.0. The topological polar surface area (TPSA) is 77.0 Å². The molecule has 6 nitrogen and oxygen atoms in total. The number of rotatable bonds is 4. The van der Waals surface area contributed by atoms with Gasteiger partial charge in [0.15, 0.2) is 5.65 Å². The Morgan fingerprint density at radius 1 is 1.20 bits per heavy atom. The van der Waals surface area contributed by atoms with Crippen LogP contribution in [0, 0.1) is 0 Å². The number of pyridine rings is 1. The average Bonchev–Trinajstić information content (AvgIpc) is 3.28. The molecule has 1 atom stereocenters. The van der Waals surface area contributed by atoms with Gasteiger partial charge in [-0.25, -0.2) is 9.67 Å². The van der Waals surface area contributed by atoms with Gasteiger partial charge in [0.1, 0.15) is 0 Å². The number of hydrogen-bond donors (Lipinski definition) is 1. The Kier molecular flexibility index (Phi) is 4.19. The number of carbonyl (C=O) groups is 1. The van der Waals surface area contributed by atoms with Crippen LogP contribution in [0.1, 0.15) is 28.4 Å². The van der Waals surface area contributed by atoms with Gasteiger partial charge >= 0.3 is 0 Å². The van der Waals surface area contributed by atoms with Crippen molar-refractivity contribution in [1.82, 2.24) is 19.7 Å². The van der Waals surface area contributed by atoms with Gasteiger partial charge in [-0.05, 0) is 30.7 Å². The largest absolute Gasteiger partial charge is 0.338 e. The van der Waals surface area contributed by atoms with Crippen LogP contribution >= 0.6 is 0 Å². The molecule has 25 heavy (non-hydrogen) atoms. The van der Waals surface area contributed by atoms with Crippen LogP contribution < -0.4 is 5.73 Å². The second-order valence-corrected chi connectivity index (χ2v) is 6.37. The van der Waals surface area contributed by atoms with Crippen molar-refractivity contribution in [3.05, 3.63) is 59.9 Å². The molecule has 1 fully saturated rings. The van der Waals surface area contributed by atoms with E-state index < -0.39 is 0 Å². The first-order valence-electron chi connectivity index (χ1n) is 8.63. The monoisotopic (exact) mass is 335 g/mol. The molecular formula is C19H21N5O. The lowest BCUT2D eigenvalue weighted by molar-refractivity contribution is 0.0790. The smallest absolute Gasteiger partial charge is 0.253 e. The third-order valence-electron chi connectivity index (χ3n) is 4.76. The first-order chi connectivity index (χ1) is 12.3. The molecule has 128 valence electrons. The average molecular weight is 335 g/mol. The summed E-state index contributed by atoms with van der Waals surface area (Å²) in [5.74, 6) is 0.324. The van der Waals surface area contributed by atoms with E-state index in [1.54, 1.807) is 6.20 Å². The SMILES string of the molecule is NCCn1nc(C2CCN(C(=O)c3ccccc3)C2)c2cccnc21. The standard InChI is InChI=1S/C19H21N5O/c20-9-12-24-18-16(7-4-10-21-18)17(22-24)15-8-11-23(13-15)19(25)14-5-2-1-3-6-14/h1-7,10,15H,8-9,11-13,20H2. The summed E-state index contributed by atoms with van der Waals surface area (Å²) in [6.45, 7) is 2.62. The third kappa shape index (κ3) is 2.89. The van der Waals surface area contributed by atoms with Crippen LogP contribution in [-0.4, -0.2) is 45.2 Å². The highest BCUT2D eigenvalue weighted by Gasteiger charge is 2.31. The minimum atomic E-state index is 0.0897. The summed E-state index contributed by atoms with van der Waals surface area (Å²) in [5.41, 5.74) is 8.34. The van der Waals surface area contributed by atoms with Gasteiger partial charge < -0.3 is 10.6 Å². The van der Waals surface area contributed by atoms with Gasteiger partial charge in [0.25, 0.3) is 5.91 Å². The van der Waals surface area contributed by atoms with E-state index in [-0.39, 0.29) is 11.8 Å². The molecule has 2 N–H and O–H groups in total. The molecular weight excluding hydrogens is 314 g/mol. The molecule has 4 rings (SSSR count). The molecule has 0 saturated carbocycles. The Hall–Kier alpha value is -2.73. The fourth-order valence-corrected chi connectivity index (χ4v) is 3.54. The van der Waals surface area contributed by atoms with Crippen molar-refractivity contribution < 1.29 is 4.79 Å². The summed E-state index contributed by atoms with van der Waals surface area (Å²) < 4.78 is 1.88. The van der Waals surface area contributed by atoms with Crippen molar-refractivity contribution in [2.24, 2.45) is 5.73 Å². The first-order valence-corrected chi connectivity index (χ1v) is 8.63. The van der Waals surface area contributed by atoms with Crippen LogP contribution in [0.2, 0.25) is 0 Å². The van der Waals surface area contributed by atoms with E-state index in [9.17, 15) is 4.79 Å². The van der Waals surface area contributed by atoms with E-state index in [4.69, 9.17) is 10.8 Å². The number of amides is 1. The summed E-state index contributed by atoms with van der Waals surface area (Å²) in [7, 11) is 0. The predicted octanol–water partition coefficient (Wildman–Crippen LogP) is 2.02. The quantitative estimate of drug-likeness (QED) is 0.791. The third-order valence-corrected chi connectivity index (χ3v) is 4.76. The Morgan fingerprint density at radius 2 is 2.04 bits per heavy atom. The molecule has 0 bridgehead atoms. The molecule has 0 spiro atoms. The number of hydrogen-bond acceptors (Lipinski definition) is 4. The van der Waals surface area contributed by atoms with E-state index >= 15 is 0 Å². The lowest BCUT2D eigenvalue weighted by atomic mass is 10.0. The van der Waals surface area contributed by atoms with Crippen LogP contribution in [0.4, 0.5) is 0 Å². The molecule has 3 heterocycles. The fraction of sp³-hybridized carbons (Fsp3) is 0.316. The molecule has 1 unspecified atom stereocenters. The van der Waals surface area contributed by atoms with Gasteiger partial charge in [-0.15, -0.1) is 0 Å². The van der Waals surface area contributed by atoms with E-state index in [2.05, 4.69) is 11.1 Å². The lowest BCUT2D eigenvalue weighted by Gasteiger charge is -2.16. The van der Waals surface area contributed by atoms with Crippen LogP contribution in [0.5, 0.6) is 0 Å². The molecule has 1 amide bonds. The van der Waals surface area contributed by atoms with Gasteiger partial charge in [0.05, 0.1) is 12.2 Å². The van der Waals surface area contributed by atoms with Gasteiger partial charge in [-0.2, -0.15) is 5.10 Å². The fourth-order valence-electron chi connectivity index (χ4n) is 3.54. The van der Waals surface area contributed by atoms with Crippen molar-refractivity contribution in [3.63, 3.8) is 0 Å². The minimum absolute atomic E-state index is 0.0897. The molecule has 3 aromatic rings. The van der Waals surface area contributed by atoms with Crippen LogP contribution in [0.3, 0.4) is 0 Å². The molecule has 1 aliphatic rings. The Bertz CT molecular complexity index is 889. The first kappa shape index (κ1) is 15.8. The highest BCUT2D eigenvalue weighted by atomic mass is 16.2. The lowest BCUT2D eigenvalue weighted by Crippen LogP contribution is -2.28. The van der Waals surface area contributed by atoms with E-state index in [0.717, 1.165) is 35.3 Å². The number of benzene rings is 1. The summed E-state index contributed by atoms with van der Waals surface area (Å²) in [6.07, 6.45) is 2.70. The minimum Gasteiger partial charge on any atom is -0.338 e. The number of aromatic nitrogens is 3. The summed E-state index contributed by atoms with van der Waals surface area (Å²) in [6, 6.07) is 13.4. The van der Waals surface area contributed by atoms with Gasteiger partial charge in [0, 0.05) is 42.7 Å². The van der Waals surface area contributed by atoms with Gasteiger partial charge in [0.2, 0.25) is 0 Å². The summed E-state index contributed by atoms with van der Waals surface area (Å²) >= 11 is 0. The highest BCUT2D eigenvalue weighted by molar-refractivity contribution is 5.94. The van der Waals surface area contributed by atoms with Crippen LogP contribution in [-0.2, 0) is 6.54 Å². The molecule has 0 aliphatic carbocycles. The Balaban J connectivity index is 1.60. The number of nitrogens with two attached hydrogens (primary N) is 1.